The van der Waals surface area contributed by atoms with E-state index in [0.717, 1.165) is 12.0 Å². The van der Waals surface area contributed by atoms with Crippen molar-refractivity contribution in [3.63, 3.8) is 0 Å². The van der Waals surface area contributed by atoms with E-state index in [4.69, 9.17) is 5.11 Å². The molecule has 1 aliphatic rings. The van der Waals surface area contributed by atoms with Gasteiger partial charge < -0.3 is 10.4 Å². The number of anilines is 2. The summed E-state index contributed by atoms with van der Waals surface area (Å²) < 4.78 is 1.79. The smallest absolute Gasteiger partial charge is 0.303 e. The number of hydrogen-bond acceptors (Lipinski definition) is 5. The normalized spacial score (nSPS) is 18.9. The first kappa shape index (κ1) is 16.9. The van der Waals surface area contributed by atoms with Crippen LogP contribution in [0, 0.1) is 0 Å². The minimum absolute atomic E-state index is 0.0321. The van der Waals surface area contributed by atoms with Crippen LogP contribution in [0.4, 0.5) is 11.9 Å². The van der Waals surface area contributed by atoms with E-state index < -0.39 is 5.97 Å². The molecule has 1 amide bonds. The van der Waals surface area contributed by atoms with Crippen molar-refractivity contribution >= 4 is 23.8 Å². The van der Waals surface area contributed by atoms with Gasteiger partial charge in [-0.3, -0.25) is 14.9 Å². The first-order valence-corrected chi connectivity index (χ1v) is 8.32. The molecule has 0 unspecified atom stereocenters. The molecule has 2 aromatic rings. The molecule has 3 rings (SSSR count). The summed E-state index contributed by atoms with van der Waals surface area (Å²) >= 11 is 0. The first-order valence-electron chi connectivity index (χ1n) is 8.32. The van der Waals surface area contributed by atoms with Crippen LogP contribution in [0.25, 0.3) is 0 Å². The Morgan fingerprint density at radius 2 is 2.08 bits per heavy atom. The van der Waals surface area contributed by atoms with Crippen molar-refractivity contribution in [2.24, 2.45) is 0 Å². The highest BCUT2D eigenvalue weighted by atomic mass is 16.4. The maximum Gasteiger partial charge on any atom is 0.303 e. The van der Waals surface area contributed by atoms with Gasteiger partial charge in [-0.1, -0.05) is 30.3 Å². The Morgan fingerprint density at radius 1 is 1.32 bits per heavy atom. The molecule has 8 heteroatoms. The zero-order valence-electron chi connectivity index (χ0n) is 14.0. The van der Waals surface area contributed by atoms with Gasteiger partial charge in [-0.15, -0.1) is 5.10 Å². The van der Waals surface area contributed by atoms with Crippen molar-refractivity contribution in [3.8, 4) is 0 Å². The number of fused-ring (bicyclic) bond motifs is 1. The highest BCUT2D eigenvalue weighted by molar-refractivity contribution is 5.89. The number of benzene rings is 1. The minimum atomic E-state index is -0.910. The number of carbonyl (C=O) groups excluding carboxylic acids is 1. The van der Waals surface area contributed by atoms with E-state index in [9.17, 15) is 9.59 Å². The van der Waals surface area contributed by atoms with Gasteiger partial charge in [0.1, 0.15) is 0 Å². The number of nitrogens with zero attached hydrogens (tertiary/aromatic N) is 3. The lowest BCUT2D eigenvalue weighted by Crippen LogP contribution is -2.31. The SMILES string of the molecule is C[C@H]1C[C@@H](c2ccccc2)n2nc(NC(=O)CCCC(=O)O)nc2N1. The Kier molecular flexibility index (Phi) is 4.97. The van der Waals surface area contributed by atoms with Gasteiger partial charge in [-0.2, -0.15) is 4.98 Å². The summed E-state index contributed by atoms with van der Waals surface area (Å²) in [5, 5.41) is 19.0. The second kappa shape index (κ2) is 7.33. The van der Waals surface area contributed by atoms with E-state index in [0.29, 0.717) is 5.95 Å². The van der Waals surface area contributed by atoms with Crippen molar-refractivity contribution in [1.82, 2.24) is 14.8 Å². The zero-order chi connectivity index (χ0) is 17.8. The van der Waals surface area contributed by atoms with E-state index in [1.165, 1.54) is 0 Å². The van der Waals surface area contributed by atoms with Crippen LogP contribution in [-0.2, 0) is 9.59 Å². The van der Waals surface area contributed by atoms with Gasteiger partial charge in [0.05, 0.1) is 6.04 Å². The molecule has 0 saturated heterocycles. The third kappa shape index (κ3) is 4.14. The Morgan fingerprint density at radius 3 is 2.80 bits per heavy atom. The number of amides is 1. The van der Waals surface area contributed by atoms with E-state index in [1.807, 2.05) is 18.2 Å². The van der Waals surface area contributed by atoms with Crippen molar-refractivity contribution in [1.29, 1.82) is 0 Å². The van der Waals surface area contributed by atoms with Crippen molar-refractivity contribution in [2.45, 2.75) is 44.7 Å². The summed E-state index contributed by atoms with van der Waals surface area (Å²) in [5.41, 5.74) is 1.14. The molecule has 0 aliphatic carbocycles. The van der Waals surface area contributed by atoms with Gasteiger partial charge >= 0.3 is 5.97 Å². The second-order valence-corrected chi connectivity index (χ2v) is 6.21. The van der Waals surface area contributed by atoms with Crippen LogP contribution in [0.2, 0.25) is 0 Å². The molecule has 1 aromatic heterocycles. The quantitative estimate of drug-likeness (QED) is 0.742. The third-order valence-electron chi connectivity index (χ3n) is 4.11. The van der Waals surface area contributed by atoms with Crippen LogP contribution < -0.4 is 10.6 Å². The van der Waals surface area contributed by atoms with Gasteiger partial charge in [0.15, 0.2) is 0 Å². The fourth-order valence-corrected chi connectivity index (χ4v) is 2.95. The standard InChI is InChI=1S/C17H21N5O3/c1-11-10-13(12-6-3-2-4-7-12)22-17(18-11)20-16(21-22)19-14(23)8-5-9-15(24)25/h2-4,6-7,11,13H,5,8-10H2,1H3,(H,24,25)(H2,18,19,20,21,23)/t11-,13-/m0/s1. The van der Waals surface area contributed by atoms with Gasteiger partial charge in [0.25, 0.3) is 5.95 Å². The average Bonchev–Trinajstić information content (AvgIpc) is 2.96. The number of carbonyl (C=O) groups is 2. The Bertz CT molecular complexity index is 759. The zero-order valence-corrected chi connectivity index (χ0v) is 14.0. The molecule has 8 nitrogen and oxygen atoms in total. The van der Waals surface area contributed by atoms with Gasteiger partial charge in [0, 0.05) is 18.9 Å². The van der Waals surface area contributed by atoms with Gasteiger partial charge in [-0.25, -0.2) is 4.68 Å². The van der Waals surface area contributed by atoms with Crippen LogP contribution in [0.3, 0.4) is 0 Å². The lowest BCUT2D eigenvalue weighted by atomic mass is 9.99. The number of rotatable bonds is 6. The predicted octanol–water partition coefficient (Wildman–Crippen LogP) is 2.26. The number of carboxylic acids is 1. The molecule has 1 aliphatic heterocycles. The van der Waals surface area contributed by atoms with Crippen LogP contribution in [0.5, 0.6) is 0 Å². The number of nitrogens with one attached hydrogen (secondary N) is 2. The van der Waals surface area contributed by atoms with Crippen LogP contribution in [-0.4, -0.2) is 37.8 Å². The Balaban J connectivity index is 1.73. The molecule has 1 aromatic carbocycles. The van der Waals surface area contributed by atoms with Crippen LogP contribution >= 0.6 is 0 Å². The summed E-state index contributed by atoms with van der Waals surface area (Å²) in [6.45, 7) is 2.08. The van der Waals surface area contributed by atoms with E-state index in [2.05, 4.69) is 39.8 Å². The lowest BCUT2D eigenvalue weighted by molar-refractivity contribution is -0.137. The summed E-state index contributed by atoms with van der Waals surface area (Å²) in [6.07, 6.45) is 1.25. The molecule has 0 fully saturated rings. The average molecular weight is 343 g/mol. The second-order valence-electron chi connectivity index (χ2n) is 6.21. The number of aromatic nitrogens is 3. The van der Waals surface area contributed by atoms with Gasteiger partial charge in [-0.05, 0) is 25.3 Å². The Labute approximate surface area is 145 Å². The molecule has 0 radical (unpaired) electrons. The lowest BCUT2D eigenvalue weighted by Gasteiger charge is -2.29. The summed E-state index contributed by atoms with van der Waals surface area (Å²) in [7, 11) is 0. The summed E-state index contributed by atoms with van der Waals surface area (Å²) in [5.74, 6) is -0.341. The summed E-state index contributed by atoms with van der Waals surface area (Å²) in [6, 6.07) is 10.3. The fraction of sp³-hybridized carbons (Fsp3) is 0.412. The van der Waals surface area contributed by atoms with E-state index in [-0.39, 0.29) is 43.2 Å². The molecule has 2 heterocycles. The van der Waals surface area contributed by atoms with Crippen LogP contribution in [0.1, 0.15) is 44.2 Å². The van der Waals surface area contributed by atoms with Crippen molar-refractivity contribution in [2.75, 3.05) is 10.6 Å². The number of hydrogen-bond donors (Lipinski definition) is 3. The van der Waals surface area contributed by atoms with Gasteiger partial charge in [0.2, 0.25) is 11.9 Å². The largest absolute Gasteiger partial charge is 0.481 e. The molecule has 132 valence electrons. The third-order valence-corrected chi connectivity index (χ3v) is 4.11. The molecule has 0 bridgehead atoms. The highest BCUT2D eigenvalue weighted by Gasteiger charge is 2.28. The van der Waals surface area contributed by atoms with Crippen molar-refractivity contribution in [3.05, 3.63) is 35.9 Å². The van der Waals surface area contributed by atoms with Crippen LogP contribution in [0.15, 0.2) is 30.3 Å². The maximum absolute atomic E-state index is 11.9. The Hall–Kier alpha value is -2.90. The highest BCUT2D eigenvalue weighted by Crippen LogP contribution is 2.31. The van der Waals surface area contributed by atoms with Crippen molar-refractivity contribution < 1.29 is 14.7 Å². The fourth-order valence-electron chi connectivity index (χ4n) is 2.95. The molecular weight excluding hydrogens is 322 g/mol. The molecule has 2 atom stereocenters. The molecule has 0 spiro atoms. The molecular formula is C17H21N5O3. The monoisotopic (exact) mass is 343 g/mol. The maximum atomic E-state index is 11.9. The number of aliphatic carboxylic acids is 1. The predicted molar refractivity (Wildman–Crippen MR) is 92.4 cm³/mol. The van der Waals surface area contributed by atoms with E-state index in [1.54, 1.807) is 4.68 Å². The molecule has 3 N–H and O–H groups in total. The summed E-state index contributed by atoms with van der Waals surface area (Å²) in [4.78, 5) is 26.8. The topological polar surface area (TPSA) is 109 Å². The first-order chi connectivity index (χ1) is 12.0. The minimum Gasteiger partial charge on any atom is -0.481 e. The van der Waals surface area contributed by atoms with E-state index >= 15 is 0 Å². The molecule has 25 heavy (non-hydrogen) atoms. The molecule has 0 saturated carbocycles. The number of carboxylic acid groups (broad SMARTS) is 1.